The molecule has 0 rings (SSSR count). The van der Waals surface area contributed by atoms with Crippen molar-refractivity contribution in [3.05, 3.63) is 0 Å². The average Bonchev–Trinajstić information content (AvgIpc) is 2.36. The summed E-state index contributed by atoms with van der Waals surface area (Å²) >= 11 is 7.08. The Kier molecular flexibility index (Phi) is 8.02. The molecule has 4 unspecified atom stereocenters. The van der Waals surface area contributed by atoms with Crippen LogP contribution in [0.3, 0.4) is 0 Å². The van der Waals surface area contributed by atoms with Gasteiger partial charge in [0.15, 0.2) is 0 Å². The van der Waals surface area contributed by atoms with Gasteiger partial charge in [-0.15, -0.1) is 11.6 Å². The highest BCUT2D eigenvalue weighted by Gasteiger charge is 2.46. The molecule has 0 aliphatic heterocycles. The molecule has 0 aliphatic rings. The quantitative estimate of drug-likeness (QED) is 0.485. The third-order valence-electron chi connectivity index (χ3n) is 4.59. The number of rotatable bonds is 8. The van der Waals surface area contributed by atoms with Crippen LogP contribution in [0.15, 0.2) is 0 Å². The maximum absolute atomic E-state index is 7.08. The standard InChI is InChI=1S/C14H31ClOSi/c1-7-10(4)13(16-17)14(15,11(5)8-2)12(6)9-3/h10-13H,7-9H2,1-6,17H3. The Hall–Kier alpha value is 0.467. The Morgan fingerprint density at radius 3 is 1.65 bits per heavy atom. The van der Waals surface area contributed by atoms with Crippen LogP contribution in [0.4, 0.5) is 0 Å². The van der Waals surface area contributed by atoms with Gasteiger partial charge in [0.1, 0.15) is 10.5 Å². The molecule has 0 radical (unpaired) electrons. The van der Waals surface area contributed by atoms with E-state index in [1.165, 1.54) is 0 Å². The predicted molar refractivity (Wildman–Crippen MR) is 81.8 cm³/mol. The molecular weight excluding hydrogens is 248 g/mol. The highest BCUT2D eigenvalue weighted by atomic mass is 35.5. The molecule has 0 N–H and O–H groups in total. The largest absolute Gasteiger partial charge is 0.423 e. The molecule has 0 spiro atoms. The third-order valence-corrected chi connectivity index (χ3v) is 6.05. The fourth-order valence-corrected chi connectivity index (χ4v) is 4.35. The lowest BCUT2D eigenvalue weighted by Gasteiger charge is -2.46. The van der Waals surface area contributed by atoms with Gasteiger partial charge in [-0.2, -0.15) is 0 Å². The maximum Gasteiger partial charge on any atom is 0.146 e. The Morgan fingerprint density at radius 2 is 1.41 bits per heavy atom. The van der Waals surface area contributed by atoms with Crippen molar-refractivity contribution >= 4 is 22.1 Å². The zero-order valence-corrected chi connectivity index (χ0v) is 15.5. The lowest BCUT2D eigenvalue weighted by molar-refractivity contribution is 0.0481. The van der Waals surface area contributed by atoms with Crippen LogP contribution in [0.2, 0.25) is 0 Å². The lowest BCUT2D eigenvalue weighted by Crippen LogP contribution is -2.51. The van der Waals surface area contributed by atoms with Crippen molar-refractivity contribution in [2.45, 2.75) is 71.8 Å². The zero-order valence-electron chi connectivity index (χ0n) is 12.7. The van der Waals surface area contributed by atoms with Crippen molar-refractivity contribution in [3.8, 4) is 0 Å². The normalized spacial score (nSPS) is 22.8. The van der Waals surface area contributed by atoms with E-state index in [4.69, 9.17) is 16.0 Å². The van der Waals surface area contributed by atoms with E-state index in [0.717, 1.165) is 29.7 Å². The van der Waals surface area contributed by atoms with E-state index < -0.39 is 0 Å². The summed E-state index contributed by atoms with van der Waals surface area (Å²) in [7, 11) is 0.768. The molecule has 0 bridgehead atoms. The smallest absolute Gasteiger partial charge is 0.146 e. The molecule has 0 aromatic carbocycles. The summed E-state index contributed by atoms with van der Waals surface area (Å²) in [5.41, 5.74) is 0. The minimum absolute atomic E-state index is 0.200. The van der Waals surface area contributed by atoms with E-state index in [0.29, 0.717) is 17.8 Å². The van der Waals surface area contributed by atoms with Gasteiger partial charge in [-0.25, -0.2) is 0 Å². The number of hydrogen-bond donors (Lipinski definition) is 0. The zero-order chi connectivity index (χ0) is 13.6. The van der Waals surface area contributed by atoms with Gasteiger partial charge in [-0.1, -0.05) is 60.8 Å². The highest BCUT2D eigenvalue weighted by molar-refractivity contribution is 6.25. The van der Waals surface area contributed by atoms with E-state index in [-0.39, 0.29) is 11.0 Å². The average molecular weight is 279 g/mol. The van der Waals surface area contributed by atoms with Gasteiger partial charge in [0.05, 0.1) is 11.0 Å². The molecule has 0 fully saturated rings. The molecule has 1 nitrogen and oxygen atoms in total. The van der Waals surface area contributed by atoms with Gasteiger partial charge in [0.2, 0.25) is 0 Å². The summed E-state index contributed by atoms with van der Waals surface area (Å²) in [6.07, 6.45) is 3.57. The number of hydrogen-bond acceptors (Lipinski definition) is 1. The van der Waals surface area contributed by atoms with Crippen molar-refractivity contribution in [2.24, 2.45) is 17.8 Å². The summed E-state index contributed by atoms with van der Waals surface area (Å²) in [6.45, 7) is 13.5. The second kappa shape index (κ2) is 7.80. The molecule has 104 valence electrons. The van der Waals surface area contributed by atoms with Crippen molar-refractivity contribution in [3.63, 3.8) is 0 Å². The van der Waals surface area contributed by atoms with Crippen LogP contribution in [0.25, 0.3) is 0 Å². The van der Waals surface area contributed by atoms with Crippen LogP contribution in [-0.2, 0) is 4.43 Å². The summed E-state index contributed by atoms with van der Waals surface area (Å²) in [5.74, 6) is 1.52. The monoisotopic (exact) mass is 278 g/mol. The second-order valence-electron chi connectivity index (χ2n) is 5.49. The first kappa shape index (κ1) is 17.5. The summed E-state index contributed by atoms with van der Waals surface area (Å²) < 4.78 is 5.92. The summed E-state index contributed by atoms with van der Waals surface area (Å²) in [4.78, 5) is -0.208. The lowest BCUT2D eigenvalue weighted by atomic mass is 9.72. The molecule has 17 heavy (non-hydrogen) atoms. The van der Waals surface area contributed by atoms with Gasteiger partial charge in [0.25, 0.3) is 0 Å². The molecule has 4 atom stereocenters. The van der Waals surface area contributed by atoms with Crippen molar-refractivity contribution < 1.29 is 4.43 Å². The van der Waals surface area contributed by atoms with E-state index in [2.05, 4.69) is 41.5 Å². The summed E-state index contributed by atoms with van der Waals surface area (Å²) in [6, 6.07) is 0. The molecule has 0 amide bonds. The molecule has 0 aromatic rings. The molecule has 0 heterocycles. The van der Waals surface area contributed by atoms with Crippen molar-refractivity contribution in [2.75, 3.05) is 0 Å². The van der Waals surface area contributed by atoms with Gasteiger partial charge in [-0.3, -0.25) is 0 Å². The fourth-order valence-electron chi connectivity index (χ4n) is 2.74. The first-order valence-corrected chi connectivity index (χ1v) is 8.30. The Morgan fingerprint density at radius 1 is 1.00 bits per heavy atom. The van der Waals surface area contributed by atoms with Crippen molar-refractivity contribution in [1.82, 2.24) is 0 Å². The van der Waals surface area contributed by atoms with Crippen LogP contribution in [-0.4, -0.2) is 21.5 Å². The van der Waals surface area contributed by atoms with Crippen LogP contribution in [0.1, 0.15) is 60.8 Å². The van der Waals surface area contributed by atoms with Crippen LogP contribution < -0.4 is 0 Å². The Balaban J connectivity index is 5.26. The van der Waals surface area contributed by atoms with Gasteiger partial charge in [-0.05, 0) is 17.8 Å². The minimum atomic E-state index is -0.208. The maximum atomic E-state index is 7.08. The van der Waals surface area contributed by atoms with Gasteiger partial charge in [0, 0.05) is 0 Å². The molecule has 0 aromatic heterocycles. The first-order valence-electron chi connectivity index (χ1n) is 7.11. The molecule has 0 saturated heterocycles. The third kappa shape index (κ3) is 3.71. The van der Waals surface area contributed by atoms with Crippen molar-refractivity contribution in [1.29, 1.82) is 0 Å². The summed E-state index contributed by atoms with van der Waals surface area (Å²) in [5, 5.41) is 0. The molecule has 0 saturated carbocycles. The molecular formula is C14H31ClOSi. The van der Waals surface area contributed by atoms with Crippen LogP contribution >= 0.6 is 11.6 Å². The van der Waals surface area contributed by atoms with E-state index in [1.54, 1.807) is 0 Å². The fraction of sp³-hybridized carbons (Fsp3) is 1.00. The predicted octanol–water partition coefficient (Wildman–Crippen LogP) is 3.77. The van der Waals surface area contributed by atoms with Crippen LogP contribution in [0, 0.1) is 17.8 Å². The SMILES string of the molecule is CCC(C)C(O[SiH3])C(Cl)(C(C)CC)C(C)CC. The minimum Gasteiger partial charge on any atom is -0.423 e. The first-order chi connectivity index (χ1) is 7.89. The Labute approximate surface area is 116 Å². The Bertz CT molecular complexity index is 200. The van der Waals surface area contributed by atoms with E-state index in [9.17, 15) is 0 Å². The van der Waals surface area contributed by atoms with E-state index >= 15 is 0 Å². The van der Waals surface area contributed by atoms with Gasteiger partial charge >= 0.3 is 0 Å². The van der Waals surface area contributed by atoms with Crippen LogP contribution in [0.5, 0.6) is 0 Å². The van der Waals surface area contributed by atoms with Gasteiger partial charge < -0.3 is 4.43 Å². The highest BCUT2D eigenvalue weighted by Crippen LogP contribution is 2.44. The topological polar surface area (TPSA) is 9.23 Å². The number of alkyl halides is 1. The molecule has 3 heteroatoms. The molecule has 0 aliphatic carbocycles. The second-order valence-corrected chi connectivity index (χ2v) is 6.61. The van der Waals surface area contributed by atoms with E-state index in [1.807, 2.05) is 0 Å². The number of halogens is 1.